The third kappa shape index (κ3) is 3.75. The van der Waals surface area contributed by atoms with Crippen molar-refractivity contribution in [3.8, 4) is 11.3 Å². The lowest BCUT2D eigenvalue weighted by Crippen LogP contribution is -2.26. The van der Waals surface area contributed by atoms with E-state index in [2.05, 4.69) is 25.3 Å². The molecule has 1 N–H and O–H groups in total. The number of pyridine rings is 1. The summed E-state index contributed by atoms with van der Waals surface area (Å²) >= 11 is 1.40. The zero-order chi connectivity index (χ0) is 16.1. The number of nitrogens with one attached hydrogen (secondary N) is 1. The van der Waals surface area contributed by atoms with Gasteiger partial charge < -0.3 is 5.32 Å². The van der Waals surface area contributed by atoms with Crippen LogP contribution in [0.5, 0.6) is 0 Å². The molecule has 7 heteroatoms. The summed E-state index contributed by atoms with van der Waals surface area (Å²) in [6.07, 6.45) is 4.12. The van der Waals surface area contributed by atoms with Crippen LogP contribution in [0, 0.1) is 6.92 Å². The van der Waals surface area contributed by atoms with Gasteiger partial charge in [0, 0.05) is 36.3 Å². The van der Waals surface area contributed by atoms with E-state index >= 15 is 0 Å². The van der Waals surface area contributed by atoms with Gasteiger partial charge in [-0.25, -0.2) is 15.0 Å². The van der Waals surface area contributed by atoms with Gasteiger partial charge in [0.2, 0.25) is 0 Å². The monoisotopic (exact) mass is 325 g/mol. The van der Waals surface area contributed by atoms with Gasteiger partial charge in [0.1, 0.15) is 11.5 Å². The lowest BCUT2D eigenvalue weighted by Gasteiger charge is -2.09. The molecule has 1 amide bonds. The molecule has 0 aliphatic heterocycles. The van der Waals surface area contributed by atoms with E-state index in [1.807, 2.05) is 25.1 Å². The molecular weight excluding hydrogens is 310 g/mol. The van der Waals surface area contributed by atoms with Crippen molar-refractivity contribution in [2.45, 2.75) is 13.3 Å². The number of hydrogen-bond donors (Lipinski definition) is 1. The predicted octanol–water partition coefficient (Wildman–Crippen LogP) is 2.28. The van der Waals surface area contributed by atoms with E-state index in [1.165, 1.54) is 11.3 Å². The number of amides is 1. The maximum absolute atomic E-state index is 11.9. The molecule has 0 radical (unpaired) electrons. The third-order valence-electron chi connectivity index (χ3n) is 3.24. The second-order valence-corrected chi connectivity index (χ2v) is 5.59. The smallest absolute Gasteiger partial charge is 0.270 e. The lowest BCUT2D eigenvalue weighted by atomic mass is 10.1. The minimum atomic E-state index is -0.170. The minimum absolute atomic E-state index is 0.170. The second-order valence-electron chi connectivity index (χ2n) is 4.87. The molecule has 0 saturated carbocycles. The van der Waals surface area contributed by atoms with Gasteiger partial charge in [0.05, 0.1) is 16.9 Å². The number of nitrogens with zero attached hydrogens (tertiary/aromatic N) is 4. The van der Waals surface area contributed by atoms with Crippen molar-refractivity contribution in [2.75, 3.05) is 6.54 Å². The van der Waals surface area contributed by atoms with Crippen LogP contribution in [-0.4, -0.2) is 32.4 Å². The van der Waals surface area contributed by atoms with E-state index in [4.69, 9.17) is 0 Å². The van der Waals surface area contributed by atoms with Crippen LogP contribution in [0.2, 0.25) is 0 Å². The predicted molar refractivity (Wildman–Crippen MR) is 88.2 cm³/mol. The van der Waals surface area contributed by atoms with E-state index in [-0.39, 0.29) is 5.91 Å². The first-order valence-electron chi connectivity index (χ1n) is 7.14. The highest BCUT2D eigenvalue weighted by atomic mass is 32.1. The maximum atomic E-state index is 11.9. The molecule has 0 fully saturated rings. The van der Waals surface area contributed by atoms with Gasteiger partial charge in [-0.2, -0.15) is 0 Å². The molecule has 23 heavy (non-hydrogen) atoms. The molecule has 0 aliphatic rings. The van der Waals surface area contributed by atoms with Crippen molar-refractivity contribution in [2.24, 2.45) is 0 Å². The second kappa shape index (κ2) is 7.06. The Morgan fingerprint density at radius 1 is 1.26 bits per heavy atom. The first-order chi connectivity index (χ1) is 11.2. The third-order valence-corrected chi connectivity index (χ3v) is 3.83. The summed E-state index contributed by atoms with van der Waals surface area (Å²) in [5.74, 6) is 0.530. The summed E-state index contributed by atoms with van der Waals surface area (Å²) in [6, 6.07) is 5.72. The van der Waals surface area contributed by atoms with Crippen molar-refractivity contribution < 1.29 is 4.79 Å². The number of carbonyl (C=O) groups is 1. The van der Waals surface area contributed by atoms with Crippen molar-refractivity contribution in [1.82, 2.24) is 25.3 Å². The SMILES string of the molecule is Cc1ncc(-c2ccccn2)c(CCNC(=O)c2cscn2)n1. The Balaban J connectivity index is 1.72. The van der Waals surface area contributed by atoms with Crippen molar-refractivity contribution in [3.05, 3.63) is 58.7 Å². The van der Waals surface area contributed by atoms with Crippen molar-refractivity contribution >= 4 is 17.2 Å². The van der Waals surface area contributed by atoms with Gasteiger partial charge in [0.25, 0.3) is 5.91 Å². The van der Waals surface area contributed by atoms with Gasteiger partial charge in [-0.1, -0.05) is 6.07 Å². The molecule has 3 rings (SSSR count). The summed E-state index contributed by atoms with van der Waals surface area (Å²) < 4.78 is 0. The molecule has 0 spiro atoms. The Morgan fingerprint density at radius 3 is 2.91 bits per heavy atom. The van der Waals surface area contributed by atoms with E-state index in [0.29, 0.717) is 24.5 Å². The van der Waals surface area contributed by atoms with Crippen LogP contribution >= 0.6 is 11.3 Å². The molecular formula is C16H15N5OS. The highest BCUT2D eigenvalue weighted by molar-refractivity contribution is 7.07. The molecule has 3 aromatic heterocycles. The number of thiazole rings is 1. The summed E-state index contributed by atoms with van der Waals surface area (Å²) in [5, 5.41) is 4.58. The molecule has 0 atom stereocenters. The summed E-state index contributed by atoms with van der Waals surface area (Å²) in [7, 11) is 0. The number of carbonyl (C=O) groups excluding carboxylic acids is 1. The minimum Gasteiger partial charge on any atom is -0.350 e. The van der Waals surface area contributed by atoms with Crippen LogP contribution in [-0.2, 0) is 6.42 Å². The first-order valence-corrected chi connectivity index (χ1v) is 8.08. The van der Waals surface area contributed by atoms with E-state index < -0.39 is 0 Å². The summed E-state index contributed by atoms with van der Waals surface area (Å²) in [5.41, 5.74) is 4.67. The van der Waals surface area contributed by atoms with Gasteiger partial charge >= 0.3 is 0 Å². The first kappa shape index (κ1) is 15.2. The number of aromatic nitrogens is 4. The Hall–Kier alpha value is -2.67. The Kier molecular flexibility index (Phi) is 4.68. The summed E-state index contributed by atoms with van der Waals surface area (Å²) in [4.78, 5) is 29.0. The fourth-order valence-electron chi connectivity index (χ4n) is 2.15. The van der Waals surface area contributed by atoms with Gasteiger partial charge in [0.15, 0.2) is 0 Å². The molecule has 3 aromatic rings. The van der Waals surface area contributed by atoms with E-state index in [1.54, 1.807) is 23.3 Å². The number of aryl methyl sites for hydroxylation is 1. The molecule has 0 unspecified atom stereocenters. The average molecular weight is 325 g/mol. The zero-order valence-corrected chi connectivity index (χ0v) is 13.4. The molecule has 3 heterocycles. The highest BCUT2D eigenvalue weighted by Crippen LogP contribution is 2.19. The van der Waals surface area contributed by atoms with Crippen LogP contribution in [0.3, 0.4) is 0 Å². The molecule has 0 aliphatic carbocycles. The Labute approximate surface area is 137 Å². The van der Waals surface area contributed by atoms with Crippen LogP contribution in [0.1, 0.15) is 22.0 Å². The topological polar surface area (TPSA) is 80.7 Å². The van der Waals surface area contributed by atoms with Crippen LogP contribution in [0.15, 0.2) is 41.5 Å². The largest absolute Gasteiger partial charge is 0.350 e. The molecule has 6 nitrogen and oxygen atoms in total. The normalized spacial score (nSPS) is 10.5. The maximum Gasteiger partial charge on any atom is 0.270 e. The average Bonchev–Trinajstić information content (AvgIpc) is 3.10. The quantitative estimate of drug-likeness (QED) is 0.778. The van der Waals surface area contributed by atoms with Gasteiger partial charge in [-0.3, -0.25) is 9.78 Å². The van der Waals surface area contributed by atoms with Crippen LogP contribution in [0.4, 0.5) is 0 Å². The van der Waals surface area contributed by atoms with E-state index in [9.17, 15) is 4.79 Å². The fraction of sp³-hybridized carbons (Fsp3) is 0.188. The molecule has 116 valence electrons. The van der Waals surface area contributed by atoms with Crippen molar-refractivity contribution in [3.63, 3.8) is 0 Å². The van der Waals surface area contributed by atoms with Crippen molar-refractivity contribution in [1.29, 1.82) is 0 Å². The standard InChI is InChI=1S/C16H15N5OS/c1-11-19-8-12(13-4-2-3-6-17-13)14(21-11)5-7-18-16(22)15-9-23-10-20-15/h2-4,6,8-10H,5,7H2,1H3,(H,18,22). The van der Waals surface area contributed by atoms with Gasteiger partial charge in [-0.15, -0.1) is 11.3 Å². The number of hydrogen-bond acceptors (Lipinski definition) is 6. The Bertz CT molecular complexity index is 789. The molecule has 0 aromatic carbocycles. The van der Waals surface area contributed by atoms with Crippen LogP contribution < -0.4 is 5.32 Å². The van der Waals surface area contributed by atoms with Gasteiger partial charge in [-0.05, 0) is 19.1 Å². The number of rotatable bonds is 5. The van der Waals surface area contributed by atoms with Crippen LogP contribution in [0.25, 0.3) is 11.3 Å². The highest BCUT2D eigenvalue weighted by Gasteiger charge is 2.11. The Morgan fingerprint density at radius 2 is 2.17 bits per heavy atom. The molecule has 0 bridgehead atoms. The summed E-state index contributed by atoms with van der Waals surface area (Å²) in [6.45, 7) is 2.33. The molecule has 0 saturated heterocycles. The zero-order valence-electron chi connectivity index (χ0n) is 12.6. The fourth-order valence-corrected chi connectivity index (χ4v) is 2.69. The lowest BCUT2D eigenvalue weighted by molar-refractivity contribution is 0.0950. The van der Waals surface area contributed by atoms with E-state index in [0.717, 1.165) is 17.0 Å².